The van der Waals surface area contributed by atoms with Gasteiger partial charge in [-0.2, -0.15) is 0 Å². The number of urea groups is 1. The average molecular weight is 326 g/mol. The first-order chi connectivity index (χ1) is 10.6. The molecule has 6 heteroatoms. The van der Waals surface area contributed by atoms with Crippen LogP contribution in [-0.2, 0) is 6.42 Å². The van der Waals surface area contributed by atoms with Crippen LogP contribution in [0.15, 0.2) is 18.3 Å². The van der Waals surface area contributed by atoms with Crippen molar-refractivity contribution in [3.63, 3.8) is 0 Å². The van der Waals surface area contributed by atoms with Gasteiger partial charge >= 0.3 is 6.03 Å². The van der Waals surface area contributed by atoms with E-state index in [0.29, 0.717) is 17.6 Å². The Labute approximate surface area is 136 Å². The highest BCUT2D eigenvalue weighted by atomic mass is 35.5. The fraction of sp³-hybridized carbons (Fsp3) is 0.625. The number of aliphatic hydroxyl groups excluding tert-OH is 1. The van der Waals surface area contributed by atoms with Crippen molar-refractivity contribution in [2.24, 2.45) is 5.92 Å². The minimum absolute atomic E-state index is 0.0330. The SMILES string of the molecule is CN(C(=O)NCCc1ccc(Cl)nc1)C1CCC(CO)CC1. The molecule has 1 fully saturated rings. The highest BCUT2D eigenvalue weighted by Gasteiger charge is 2.25. The van der Waals surface area contributed by atoms with Gasteiger partial charge in [-0.15, -0.1) is 0 Å². The van der Waals surface area contributed by atoms with E-state index >= 15 is 0 Å². The number of aromatic nitrogens is 1. The molecule has 0 atom stereocenters. The summed E-state index contributed by atoms with van der Waals surface area (Å²) in [7, 11) is 1.85. The summed E-state index contributed by atoms with van der Waals surface area (Å²) in [6.45, 7) is 0.843. The van der Waals surface area contributed by atoms with Crippen molar-refractivity contribution < 1.29 is 9.90 Å². The number of nitrogens with one attached hydrogen (secondary N) is 1. The topological polar surface area (TPSA) is 65.5 Å². The van der Waals surface area contributed by atoms with Crippen LogP contribution in [0.1, 0.15) is 31.2 Å². The summed E-state index contributed by atoms with van der Waals surface area (Å²) in [5, 5.41) is 12.6. The number of amides is 2. The van der Waals surface area contributed by atoms with Crippen molar-refractivity contribution >= 4 is 17.6 Å². The van der Waals surface area contributed by atoms with Gasteiger partial charge in [-0.1, -0.05) is 17.7 Å². The highest BCUT2D eigenvalue weighted by Crippen LogP contribution is 2.26. The molecule has 2 N–H and O–H groups in total. The van der Waals surface area contributed by atoms with Crippen molar-refractivity contribution in [3.8, 4) is 0 Å². The van der Waals surface area contributed by atoms with Crippen LogP contribution < -0.4 is 5.32 Å². The molecule has 1 aliphatic rings. The van der Waals surface area contributed by atoms with E-state index in [1.807, 2.05) is 13.1 Å². The van der Waals surface area contributed by atoms with E-state index in [4.69, 9.17) is 16.7 Å². The molecule has 22 heavy (non-hydrogen) atoms. The van der Waals surface area contributed by atoms with Crippen molar-refractivity contribution in [3.05, 3.63) is 29.0 Å². The van der Waals surface area contributed by atoms with Crippen LogP contribution >= 0.6 is 11.6 Å². The zero-order valence-electron chi connectivity index (χ0n) is 13.0. The number of hydrogen-bond acceptors (Lipinski definition) is 3. The normalized spacial score (nSPS) is 21.4. The van der Waals surface area contributed by atoms with Crippen molar-refractivity contribution in [2.45, 2.75) is 38.1 Å². The van der Waals surface area contributed by atoms with Crippen LogP contribution in [0.5, 0.6) is 0 Å². The van der Waals surface area contributed by atoms with E-state index < -0.39 is 0 Å². The largest absolute Gasteiger partial charge is 0.396 e. The van der Waals surface area contributed by atoms with E-state index in [1.54, 1.807) is 17.2 Å². The van der Waals surface area contributed by atoms with Gasteiger partial charge in [0.15, 0.2) is 0 Å². The van der Waals surface area contributed by atoms with E-state index in [2.05, 4.69) is 10.3 Å². The number of nitrogens with zero attached hydrogens (tertiary/aromatic N) is 2. The van der Waals surface area contributed by atoms with Crippen LogP contribution in [0.4, 0.5) is 4.79 Å². The Morgan fingerprint density at radius 1 is 1.41 bits per heavy atom. The minimum Gasteiger partial charge on any atom is -0.396 e. The molecule has 0 spiro atoms. The van der Waals surface area contributed by atoms with Gasteiger partial charge in [0.05, 0.1) is 0 Å². The molecule has 0 radical (unpaired) electrons. The number of hydrogen-bond donors (Lipinski definition) is 2. The molecular weight excluding hydrogens is 302 g/mol. The number of carbonyl (C=O) groups excluding carboxylic acids is 1. The van der Waals surface area contributed by atoms with Gasteiger partial charge in [-0.3, -0.25) is 0 Å². The van der Waals surface area contributed by atoms with Crippen LogP contribution in [0.25, 0.3) is 0 Å². The lowest BCUT2D eigenvalue weighted by molar-refractivity contribution is 0.134. The van der Waals surface area contributed by atoms with Crippen LogP contribution in [0.3, 0.4) is 0 Å². The fourth-order valence-electron chi connectivity index (χ4n) is 2.87. The zero-order chi connectivity index (χ0) is 15.9. The molecule has 1 aromatic rings. The molecule has 1 aliphatic carbocycles. The Kier molecular flexibility index (Phi) is 6.46. The Bertz CT molecular complexity index is 473. The number of rotatable bonds is 5. The third-order valence-corrected chi connectivity index (χ3v) is 4.64. The van der Waals surface area contributed by atoms with Gasteiger partial charge in [0.1, 0.15) is 5.15 Å². The van der Waals surface area contributed by atoms with Gasteiger partial charge in [-0.25, -0.2) is 9.78 Å². The maximum absolute atomic E-state index is 12.2. The lowest BCUT2D eigenvalue weighted by atomic mass is 9.86. The molecule has 0 unspecified atom stereocenters. The quantitative estimate of drug-likeness (QED) is 0.817. The molecule has 2 amide bonds. The molecule has 2 rings (SSSR count). The van der Waals surface area contributed by atoms with E-state index in [-0.39, 0.29) is 18.7 Å². The Morgan fingerprint density at radius 3 is 2.73 bits per heavy atom. The standard InChI is InChI=1S/C16H24ClN3O2/c1-20(14-5-2-13(11-21)3-6-14)16(22)18-9-8-12-4-7-15(17)19-10-12/h4,7,10,13-14,21H,2-3,5-6,8-9,11H2,1H3,(H,18,22). The summed E-state index contributed by atoms with van der Waals surface area (Å²) in [5.74, 6) is 0.408. The molecule has 0 saturated heterocycles. The summed E-state index contributed by atoms with van der Waals surface area (Å²) in [6.07, 6.45) is 6.40. The molecule has 5 nitrogen and oxygen atoms in total. The molecule has 0 aliphatic heterocycles. The molecular formula is C16H24ClN3O2. The number of pyridine rings is 1. The third kappa shape index (κ3) is 4.85. The third-order valence-electron chi connectivity index (χ3n) is 4.42. The number of carbonyl (C=O) groups is 1. The molecule has 1 aromatic heterocycles. The number of halogens is 1. The first-order valence-electron chi connectivity index (χ1n) is 7.82. The predicted octanol–water partition coefficient (Wildman–Crippen LogP) is 2.47. The molecule has 1 heterocycles. The van der Waals surface area contributed by atoms with Gasteiger partial charge in [0, 0.05) is 32.4 Å². The molecule has 1 saturated carbocycles. The maximum Gasteiger partial charge on any atom is 0.317 e. The van der Waals surface area contributed by atoms with Crippen LogP contribution in [-0.4, -0.2) is 47.3 Å². The van der Waals surface area contributed by atoms with Gasteiger partial charge < -0.3 is 15.3 Å². The summed E-state index contributed by atoms with van der Waals surface area (Å²) >= 11 is 5.74. The Morgan fingerprint density at radius 2 is 2.14 bits per heavy atom. The predicted molar refractivity (Wildman–Crippen MR) is 86.9 cm³/mol. The molecule has 0 bridgehead atoms. The average Bonchev–Trinajstić information content (AvgIpc) is 2.56. The Hall–Kier alpha value is -1.33. The first-order valence-corrected chi connectivity index (χ1v) is 8.20. The highest BCUT2D eigenvalue weighted by molar-refractivity contribution is 6.29. The summed E-state index contributed by atoms with van der Waals surface area (Å²) in [5.41, 5.74) is 1.05. The summed E-state index contributed by atoms with van der Waals surface area (Å²) < 4.78 is 0. The van der Waals surface area contributed by atoms with Crippen molar-refractivity contribution in [1.82, 2.24) is 15.2 Å². The Balaban J connectivity index is 1.71. The van der Waals surface area contributed by atoms with Gasteiger partial charge in [0.2, 0.25) is 0 Å². The number of aliphatic hydroxyl groups is 1. The van der Waals surface area contributed by atoms with Gasteiger partial charge in [-0.05, 0) is 49.7 Å². The van der Waals surface area contributed by atoms with E-state index in [9.17, 15) is 4.79 Å². The second kappa shape index (κ2) is 8.34. The minimum atomic E-state index is -0.0330. The van der Waals surface area contributed by atoms with E-state index in [1.165, 1.54) is 0 Å². The van der Waals surface area contributed by atoms with Gasteiger partial charge in [0.25, 0.3) is 0 Å². The van der Waals surface area contributed by atoms with Crippen LogP contribution in [0.2, 0.25) is 5.15 Å². The lowest BCUT2D eigenvalue weighted by Crippen LogP contribution is -2.45. The fourth-order valence-corrected chi connectivity index (χ4v) is 2.99. The zero-order valence-corrected chi connectivity index (χ0v) is 13.7. The maximum atomic E-state index is 12.2. The van der Waals surface area contributed by atoms with Crippen LogP contribution in [0, 0.1) is 5.92 Å². The van der Waals surface area contributed by atoms with Crippen molar-refractivity contribution in [1.29, 1.82) is 0 Å². The lowest BCUT2D eigenvalue weighted by Gasteiger charge is -2.34. The second-order valence-electron chi connectivity index (χ2n) is 5.94. The summed E-state index contributed by atoms with van der Waals surface area (Å²) in [4.78, 5) is 18.0. The molecule has 0 aromatic carbocycles. The van der Waals surface area contributed by atoms with E-state index in [0.717, 1.165) is 37.7 Å². The smallest absolute Gasteiger partial charge is 0.317 e. The first kappa shape index (κ1) is 17.0. The monoisotopic (exact) mass is 325 g/mol. The second-order valence-corrected chi connectivity index (χ2v) is 6.33. The van der Waals surface area contributed by atoms with Crippen molar-refractivity contribution in [2.75, 3.05) is 20.2 Å². The summed E-state index contributed by atoms with van der Waals surface area (Å²) in [6, 6.07) is 3.92. The molecule has 122 valence electrons.